The lowest BCUT2D eigenvalue weighted by molar-refractivity contribution is 0.474. The van der Waals surface area contributed by atoms with Gasteiger partial charge in [0.05, 0.1) is 12.4 Å². The predicted octanol–water partition coefficient (Wildman–Crippen LogP) is 2.88. The summed E-state index contributed by atoms with van der Waals surface area (Å²) in [6.07, 6.45) is 6.57. The minimum Gasteiger partial charge on any atom is -0.507 e. The van der Waals surface area contributed by atoms with Crippen molar-refractivity contribution >= 4 is 28.0 Å². The van der Waals surface area contributed by atoms with Crippen LogP contribution in [0.15, 0.2) is 52.6 Å². The van der Waals surface area contributed by atoms with Gasteiger partial charge in [-0.15, -0.1) is 0 Å². The van der Waals surface area contributed by atoms with Crippen molar-refractivity contribution in [2.75, 3.05) is 5.43 Å². The Morgan fingerprint density at radius 3 is 2.96 bits per heavy atom. The summed E-state index contributed by atoms with van der Waals surface area (Å²) in [7, 11) is 0. The molecule has 23 heavy (non-hydrogen) atoms. The lowest BCUT2D eigenvalue weighted by Gasteiger charge is -2.03. The van der Waals surface area contributed by atoms with Crippen LogP contribution < -0.4 is 5.43 Å². The number of aromatic nitrogens is 4. The van der Waals surface area contributed by atoms with E-state index in [2.05, 4.69) is 41.5 Å². The van der Waals surface area contributed by atoms with E-state index < -0.39 is 0 Å². The molecule has 3 rings (SSSR count). The molecule has 116 valence electrons. The number of anilines is 1. The molecule has 0 unspecified atom stereocenters. The number of rotatable bonds is 4. The Hall–Kier alpha value is -2.74. The largest absolute Gasteiger partial charge is 0.507 e. The normalized spacial score (nSPS) is 11.0. The Balaban J connectivity index is 1.76. The molecule has 2 N–H and O–H groups in total. The van der Waals surface area contributed by atoms with E-state index in [4.69, 9.17) is 0 Å². The van der Waals surface area contributed by atoms with E-state index in [9.17, 15) is 5.11 Å². The van der Waals surface area contributed by atoms with E-state index in [-0.39, 0.29) is 5.75 Å². The molecular formula is C15H13BrN6O. The maximum atomic E-state index is 9.75. The van der Waals surface area contributed by atoms with Gasteiger partial charge >= 0.3 is 0 Å². The van der Waals surface area contributed by atoms with E-state index in [1.807, 2.05) is 13.1 Å². The fourth-order valence-electron chi connectivity index (χ4n) is 1.87. The third kappa shape index (κ3) is 3.72. The zero-order valence-corrected chi connectivity index (χ0v) is 13.8. The van der Waals surface area contributed by atoms with Gasteiger partial charge in [-0.3, -0.25) is 5.43 Å². The Labute approximate surface area is 140 Å². The average molecular weight is 373 g/mol. The van der Waals surface area contributed by atoms with Gasteiger partial charge in [-0.1, -0.05) is 15.9 Å². The first-order valence-electron chi connectivity index (χ1n) is 6.73. The first-order valence-corrected chi connectivity index (χ1v) is 7.52. The molecule has 0 atom stereocenters. The molecule has 1 aromatic carbocycles. The molecule has 2 aromatic heterocycles. The van der Waals surface area contributed by atoms with Crippen LogP contribution in [0, 0.1) is 6.92 Å². The van der Waals surface area contributed by atoms with Crippen LogP contribution in [0.1, 0.15) is 11.1 Å². The van der Waals surface area contributed by atoms with Crippen LogP contribution in [-0.2, 0) is 0 Å². The molecule has 2 heterocycles. The number of hydrogen-bond acceptors (Lipinski definition) is 6. The number of hydrazone groups is 1. The second-order valence-corrected chi connectivity index (χ2v) is 5.71. The third-order valence-electron chi connectivity index (χ3n) is 2.97. The number of nitrogens with zero attached hydrogens (tertiary/aromatic N) is 5. The number of halogens is 1. The maximum Gasteiger partial charge on any atom is 0.158 e. The minimum atomic E-state index is 0.147. The minimum absolute atomic E-state index is 0.147. The lowest BCUT2D eigenvalue weighted by Crippen LogP contribution is -2.01. The Kier molecular flexibility index (Phi) is 4.33. The Bertz CT molecular complexity index is 861. The van der Waals surface area contributed by atoms with Gasteiger partial charge in [-0.25, -0.2) is 14.6 Å². The molecule has 0 radical (unpaired) electrons. The van der Waals surface area contributed by atoms with Crippen molar-refractivity contribution in [1.82, 2.24) is 19.7 Å². The van der Waals surface area contributed by atoms with Crippen molar-refractivity contribution in [1.29, 1.82) is 0 Å². The van der Waals surface area contributed by atoms with Crippen LogP contribution >= 0.6 is 15.9 Å². The monoisotopic (exact) mass is 372 g/mol. The van der Waals surface area contributed by atoms with Gasteiger partial charge in [0.1, 0.15) is 12.1 Å². The molecular weight excluding hydrogens is 360 g/mol. The van der Waals surface area contributed by atoms with E-state index in [1.54, 1.807) is 35.1 Å². The highest BCUT2D eigenvalue weighted by molar-refractivity contribution is 9.10. The van der Waals surface area contributed by atoms with Gasteiger partial charge in [-0.05, 0) is 30.7 Å². The zero-order valence-electron chi connectivity index (χ0n) is 12.2. The number of aryl methyl sites for hydroxylation is 1. The summed E-state index contributed by atoms with van der Waals surface area (Å²) in [5.74, 6) is 1.30. The smallest absolute Gasteiger partial charge is 0.158 e. The summed E-state index contributed by atoms with van der Waals surface area (Å²) in [4.78, 5) is 8.26. The van der Waals surface area contributed by atoms with Gasteiger partial charge in [-0.2, -0.15) is 10.2 Å². The Morgan fingerprint density at radius 1 is 1.30 bits per heavy atom. The standard InChI is InChI=1S/C15H13BrN6O/c1-10-6-20-22(8-10)15-5-14(17-9-18-15)21-19-7-11-4-12(16)2-3-13(11)23/h2-9,23H,1H3,(H,17,18,21). The molecule has 0 saturated carbocycles. The summed E-state index contributed by atoms with van der Waals surface area (Å²) in [6, 6.07) is 6.83. The molecule has 0 aliphatic carbocycles. The SMILES string of the molecule is Cc1cnn(-c2cc(NN=Cc3cc(Br)ccc3O)ncn2)c1. The summed E-state index contributed by atoms with van der Waals surface area (Å²) in [6.45, 7) is 1.96. The van der Waals surface area contributed by atoms with Crippen LogP contribution in [-0.4, -0.2) is 31.1 Å². The van der Waals surface area contributed by atoms with Crippen molar-refractivity contribution < 1.29 is 5.11 Å². The highest BCUT2D eigenvalue weighted by Gasteiger charge is 2.02. The fraction of sp³-hybridized carbons (Fsp3) is 0.0667. The quantitative estimate of drug-likeness (QED) is 0.542. The molecule has 7 nitrogen and oxygen atoms in total. The second kappa shape index (κ2) is 6.57. The highest BCUT2D eigenvalue weighted by Crippen LogP contribution is 2.20. The zero-order chi connectivity index (χ0) is 16.2. The second-order valence-electron chi connectivity index (χ2n) is 4.80. The van der Waals surface area contributed by atoms with E-state index >= 15 is 0 Å². The summed E-state index contributed by atoms with van der Waals surface area (Å²) in [5.41, 5.74) is 4.44. The summed E-state index contributed by atoms with van der Waals surface area (Å²) in [5, 5.41) is 18.0. The van der Waals surface area contributed by atoms with Crippen LogP contribution in [0.25, 0.3) is 5.82 Å². The molecule has 0 aliphatic heterocycles. The molecule has 0 amide bonds. The molecule has 0 fully saturated rings. The molecule has 0 bridgehead atoms. The van der Waals surface area contributed by atoms with Crippen LogP contribution in [0.3, 0.4) is 0 Å². The van der Waals surface area contributed by atoms with E-state index in [0.717, 1.165) is 10.0 Å². The van der Waals surface area contributed by atoms with Gasteiger partial charge < -0.3 is 5.11 Å². The van der Waals surface area contributed by atoms with Crippen LogP contribution in [0.5, 0.6) is 5.75 Å². The summed E-state index contributed by atoms with van der Waals surface area (Å²) >= 11 is 3.35. The number of nitrogens with one attached hydrogen (secondary N) is 1. The van der Waals surface area contributed by atoms with Crippen molar-refractivity contribution in [3.8, 4) is 11.6 Å². The summed E-state index contributed by atoms with van der Waals surface area (Å²) < 4.78 is 2.52. The van der Waals surface area contributed by atoms with Crippen molar-refractivity contribution in [3.63, 3.8) is 0 Å². The topological polar surface area (TPSA) is 88.2 Å². The van der Waals surface area contributed by atoms with Gasteiger partial charge in [0.2, 0.25) is 0 Å². The molecule has 0 aliphatic rings. The first kappa shape index (κ1) is 15.2. The van der Waals surface area contributed by atoms with Gasteiger partial charge in [0.25, 0.3) is 0 Å². The van der Waals surface area contributed by atoms with Crippen molar-refractivity contribution in [3.05, 3.63) is 58.6 Å². The van der Waals surface area contributed by atoms with Gasteiger partial charge in [0.15, 0.2) is 11.6 Å². The predicted molar refractivity (Wildman–Crippen MR) is 90.9 cm³/mol. The highest BCUT2D eigenvalue weighted by atomic mass is 79.9. The van der Waals surface area contributed by atoms with Crippen LogP contribution in [0.4, 0.5) is 5.82 Å². The first-order chi connectivity index (χ1) is 11.1. The maximum absolute atomic E-state index is 9.75. The molecule has 0 saturated heterocycles. The van der Waals surface area contributed by atoms with Gasteiger partial charge in [0, 0.05) is 22.3 Å². The Morgan fingerprint density at radius 2 is 2.17 bits per heavy atom. The number of benzene rings is 1. The lowest BCUT2D eigenvalue weighted by atomic mass is 10.2. The molecule has 0 spiro atoms. The molecule has 8 heteroatoms. The fourth-order valence-corrected chi connectivity index (χ4v) is 2.25. The number of phenolic OH excluding ortho intramolecular Hbond substituents is 1. The number of aromatic hydroxyl groups is 1. The number of phenols is 1. The number of hydrogen-bond donors (Lipinski definition) is 2. The van der Waals surface area contributed by atoms with Crippen LogP contribution in [0.2, 0.25) is 0 Å². The van der Waals surface area contributed by atoms with E-state index in [1.165, 1.54) is 12.5 Å². The third-order valence-corrected chi connectivity index (χ3v) is 3.46. The van der Waals surface area contributed by atoms with Crippen molar-refractivity contribution in [2.45, 2.75) is 6.92 Å². The molecule has 3 aromatic rings. The van der Waals surface area contributed by atoms with E-state index in [0.29, 0.717) is 17.2 Å². The van der Waals surface area contributed by atoms with Crippen molar-refractivity contribution in [2.24, 2.45) is 5.10 Å². The average Bonchev–Trinajstić information content (AvgIpc) is 2.98.